The highest BCUT2D eigenvalue weighted by atomic mass is 16.6. The van der Waals surface area contributed by atoms with Gasteiger partial charge in [-0.3, -0.25) is 4.57 Å². The number of aromatic nitrogens is 3. The summed E-state index contributed by atoms with van der Waals surface area (Å²) in [6.07, 6.45) is -0.418. The number of esters is 1. The van der Waals surface area contributed by atoms with Gasteiger partial charge in [0.05, 0.1) is 17.6 Å². The quantitative estimate of drug-likeness (QED) is 0.523. The lowest BCUT2D eigenvalue weighted by atomic mass is 10.2. The normalized spacial score (nSPS) is 12.4. The van der Waals surface area contributed by atoms with Crippen molar-refractivity contribution < 1.29 is 14.3 Å². The number of fused-ring (bicyclic) bond motifs is 2. The number of benzene rings is 2. The van der Waals surface area contributed by atoms with Gasteiger partial charge in [0.15, 0.2) is 5.65 Å². The molecule has 0 unspecified atom stereocenters. The van der Waals surface area contributed by atoms with Crippen LogP contribution in [0.15, 0.2) is 48.5 Å². The fourth-order valence-corrected chi connectivity index (χ4v) is 3.33. The first-order valence-corrected chi connectivity index (χ1v) is 9.33. The molecule has 0 amide bonds. The Morgan fingerprint density at radius 1 is 1.10 bits per heavy atom. The number of carbonyl (C=O) groups is 1. The molecule has 0 aliphatic rings. The number of ether oxygens (including phenoxy) is 2. The molecule has 0 aliphatic heterocycles. The topological polar surface area (TPSA) is 92.3 Å². The molecule has 4 aromatic rings. The molecule has 2 aromatic carbocycles. The Balaban J connectivity index is 1.96. The molecule has 1 atom stereocenters. The largest absolute Gasteiger partial charge is 0.456 e. The first-order chi connectivity index (χ1) is 14.0. The van der Waals surface area contributed by atoms with Crippen LogP contribution in [-0.2, 0) is 9.47 Å². The maximum absolute atomic E-state index is 13.0. The van der Waals surface area contributed by atoms with Crippen molar-refractivity contribution in [3.8, 4) is 5.69 Å². The second kappa shape index (κ2) is 7.52. The van der Waals surface area contributed by atoms with E-state index < -0.39 is 12.1 Å². The lowest BCUT2D eigenvalue weighted by Gasteiger charge is -2.12. The number of nitrogens with two attached hydrogens (primary N) is 1. The molecule has 7 nitrogen and oxygen atoms in total. The van der Waals surface area contributed by atoms with Gasteiger partial charge in [-0.15, -0.1) is 0 Å². The summed E-state index contributed by atoms with van der Waals surface area (Å²) >= 11 is 0. The first-order valence-electron chi connectivity index (χ1n) is 9.33. The number of rotatable bonds is 5. The van der Waals surface area contributed by atoms with E-state index in [1.54, 1.807) is 18.6 Å². The standard InChI is InChI=1S/C22H22N4O3/c1-13-8-10-15(11-9-13)26-20(23)18(22(27)29-14(2)12-28-3)19-21(26)25-17-7-5-4-6-16(17)24-19/h4-11,14H,12,23H2,1-3H3/t14-/m1/s1. The van der Waals surface area contributed by atoms with Crippen LogP contribution in [0.4, 0.5) is 5.82 Å². The van der Waals surface area contributed by atoms with Gasteiger partial charge in [0.2, 0.25) is 0 Å². The third kappa shape index (κ3) is 3.40. The molecular weight excluding hydrogens is 368 g/mol. The maximum Gasteiger partial charge on any atom is 0.344 e. The molecule has 0 spiro atoms. The molecule has 0 aliphatic carbocycles. The van der Waals surface area contributed by atoms with E-state index in [9.17, 15) is 4.79 Å². The van der Waals surface area contributed by atoms with Crippen molar-refractivity contribution in [3.05, 3.63) is 59.7 Å². The molecular formula is C22H22N4O3. The van der Waals surface area contributed by atoms with Crippen molar-refractivity contribution >= 4 is 34.0 Å². The fourth-order valence-electron chi connectivity index (χ4n) is 3.33. The van der Waals surface area contributed by atoms with Crippen molar-refractivity contribution in [3.63, 3.8) is 0 Å². The van der Waals surface area contributed by atoms with Crippen molar-refractivity contribution in [2.24, 2.45) is 0 Å². The summed E-state index contributed by atoms with van der Waals surface area (Å²) in [5, 5.41) is 0. The van der Waals surface area contributed by atoms with E-state index in [0.29, 0.717) is 16.7 Å². The second-order valence-electron chi connectivity index (χ2n) is 6.99. The summed E-state index contributed by atoms with van der Waals surface area (Å²) in [4.78, 5) is 22.4. The Morgan fingerprint density at radius 3 is 2.41 bits per heavy atom. The molecule has 148 valence electrons. The Hall–Kier alpha value is -3.45. The van der Waals surface area contributed by atoms with Gasteiger partial charge in [-0.1, -0.05) is 29.8 Å². The van der Waals surface area contributed by atoms with Gasteiger partial charge in [-0.05, 0) is 38.1 Å². The van der Waals surface area contributed by atoms with Gasteiger partial charge in [0, 0.05) is 12.8 Å². The molecule has 4 rings (SSSR count). The Bertz CT molecular complexity index is 1200. The molecule has 29 heavy (non-hydrogen) atoms. The Labute approximate surface area is 168 Å². The fraction of sp³-hybridized carbons (Fsp3) is 0.227. The van der Waals surface area contributed by atoms with Crippen LogP contribution in [0.3, 0.4) is 0 Å². The van der Waals surface area contributed by atoms with E-state index in [-0.39, 0.29) is 18.0 Å². The SMILES string of the molecule is COC[C@@H](C)OC(=O)c1c(N)n(-c2ccc(C)cc2)c2nc3ccccc3nc12. The predicted octanol–water partition coefficient (Wildman–Crippen LogP) is 3.66. The number of carbonyl (C=O) groups excluding carboxylic acids is 1. The average molecular weight is 390 g/mol. The molecule has 0 saturated heterocycles. The number of anilines is 1. The van der Waals surface area contributed by atoms with Crippen LogP contribution in [0, 0.1) is 6.92 Å². The number of para-hydroxylation sites is 2. The summed E-state index contributed by atoms with van der Waals surface area (Å²) < 4.78 is 12.3. The summed E-state index contributed by atoms with van der Waals surface area (Å²) in [7, 11) is 1.56. The van der Waals surface area contributed by atoms with E-state index in [2.05, 4.69) is 4.98 Å². The smallest absolute Gasteiger partial charge is 0.344 e. The number of aryl methyl sites for hydroxylation is 1. The van der Waals surface area contributed by atoms with Crippen molar-refractivity contribution in [1.82, 2.24) is 14.5 Å². The number of nitrogens with zero attached hydrogens (tertiary/aromatic N) is 3. The van der Waals surface area contributed by atoms with Gasteiger partial charge in [-0.2, -0.15) is 0 Å². The summed E-state index contributed by atoms with van der Waals surface area (Å²) in [5.74, 6) is -0.304. The highest BCUT2D eigenvalue weighted by molar-refractivity contribution is 6.09. The van der Waals surface area contributed by atoms with Crippen LogP contribution in [0.1, 0.15) is 22.8 Å². The number of hydrogen-bond acceptors (Lipinski definition) is 6. The van der Waals surface area contributed by atoms with Crippen LogP contribution in [0.5, 0.6) is 0 Å². The summed E-state index contributed by atoms with van der Waals surface area (Å²) in [6.45, 7) is 4.06. The molecule has 2 N–H and O–H groups in total. The zero-order valence-electron chi connectivity index (χ0n) is 16.5. The van der Waals surface area contributed by atoms with Gasteiger partial charge in [0.25, 0.3) is 0 Å². The average Bonchev–Trinajstić information content (AvgIpc) is 2.98. The molecule has 7 heteroatoms. The zero-order valence-corrected chi connectivity index (χ0v) is 16.5. The molecule has 0 bridgehead atoms. The molecule has 2 heterocycles. The van der Waals surface area contributed by atoms with Gasteiger partial charge in [0.1, 0.15) is 23.0 Å². The van der Waals surface area contributed by atoms with E-state index in [1.165, 1.54) is 0 Å². The van der Waals surface area contributed by atoms with Crippen LogP contribution < -0.4 is 5.73 Å². The van der Waals surface area contributed by atoms with Gasteiger partial charge >= 0.3 is 5.97 Å². The third-order valence-electron chi connectivity index (χ3n) is 4.70. The van der Waals surface area contributed by atoms with E-state index in [0.717, 1.165) is 16.8 Å². The first kappa shape index (κ1) is 18.9. The minimum atomic E-state index is -0.549. The van der Waals surface area contributed by atoms with E-state index >= 15 is 0 Å². The van der Waals surface area contributed by atoms with Crippen molar-refractivity contribution in [1.29, 1.82) is 0 Å². The van der Waals surface area contributed by atoms with Crippen LogP contribution in [-0.4, -0.2) is 40.3 Å². The predicted molar refractivity (Wildman–Crippen MR) is 112 cm³/mol. The summed E-state index contributed by atoms with van der Waals surface area (Å²) in [6, 6.07) is 15.3. The summed E-state index contributed by atoms with van der Waals surface area (Å²) in [5.41, 5.74) is 10.9. The Morgan fingerprint density at radius 2 is 1.76 bits per heavy atom. The zero-order chi connectivity index (χ0) is 20.5. The highest BCUT2D eigenvalue weighted by Gasteiger charge is 2.27. The maximum atomic E-state index is 13.0. The van der Waals surface area contributed by atoms with Crippen LogP contribution in [0.2, 0.25) is 0 Å². The molecule has 2 aromatic heterocycles. The molecule has 0 radical (unpaired) electrons. The van der Waals surface area contributed by atoms with E-state index in [4.69, 9.17) is 20.2 Å². The third-order valence-corrected chi connectivity index (χ3v) is 4.70. The van der Waals surface area contributed by atoms with Gasteiger partial charge in [-0.25, -0.2) is 14.8 Å². The van der Waals surface area contributed by atoms with Crippen molar-refractivity contribution in [2.75, 3.05) is 19.5 Å². The highest BCUT2D eigenvalue weighted by Crippen LogP contribution is 2.31. The lowest BCUT2D eigenvalue weighted by molar-refractivity contribution is 0.0123. The molecule has 0 fully saturated rings. The van der Waals surface area contributed by atoms with Crippen LogP contribution >= 0.6 is 0 Å². The van der Waals surface area contributed by atoms with Crippen LogP contribution in [0.25, 0.3) is 27.9 Å². The number of methoxy groups -OCH3 is 1. The number of nitrogen functional groups attached to an aromatic ring is 1. The molecule has 0 saturated carbocycles. The number of hydrogen-bond donors (Lipinski definition) is 1. The Kier molecular flexibility index (Phi) is 4.90. The van der Waals surface area contributed by atoms with Gasteiger partial charge < -0.3 is 15.2 Å². The van der Waals surface area contributed by atoms with E-state index in [1.807, 2.05) is 55.5 Å². The minimum absolute atomic E-state index is 0.210. The monoisotopic (exact) mass is 390 g/mol. The minimum Gasteiger partial charge on any atom is -0.456 e. The van der Waals surface area contributed by atoms with Crippen molar-refractivity contribution in [2.45, 2.75) is 20.0 Å². The lowest BCUT2D eigenvalue weighted by Crippen LogP contribution is -2.20. The second-order valence-corrected chi connectivity index (χ2v) is 6.99.